The van der Waals surface area contributed by atoms with Crippen LogP contribution < -0.4 is 0 Å². The quantitative estimate of drug-likeness (QED) is 0.683. The van der Waals surface area contributed by atoms with Crippen molar-refractivity contribution in [1.82, 2.24) is 0 Å². The number of rotatable bonds is 2. The summed E-state index contributed by atoms with van der Waals surface area (Å²) in [6, 6.07) is 0. The van der Waals surface area contributed by atoms with Crippen molar-refractivity contribution in [1.29, 1.82) is 0 Å². The van der Waals surface area contributed by atoms with Crippen molar-refractivity contribution in [3.05, 3.63) is 18.7 Å². The van der Waals surface area contributed by atoms with Gasteiger partial charge in [-0.05, 0) is 31.9 Å². The van der Waals surface area contributed by atoms with Gasteiger partial charge >= 0.3 is 0 Å². The summed E-state index contributed by atoms with van der Waals surface area (Å²) in [5, 5.41) is 0. The van der Waals surface area contributed by atoms with E-state index in [0.717, 1.165) is 18.7 Å². The van der Waals surface area contributed by atoms with Crippen LogP contribution in [-0.2, 0) is 11.8 Å². The second-order valence-electron chi connectivity index (χ2n) is 1.84. The predicted molar refractivity (Wildman–Crippen MR) is 58.8 cm³/mol. The molecule has 0 aromatic carbocycles. The summed E-state index contributed by atoms with van der Waals surface area (Å²) < 4.78 is 2.07. The van der Waals surface area contributed by atoms with Crippen LogP contribution in [0.3, 0.4) is 0 Å². The van der Waals surface area contributed by atoms with Crippen molar-refractivity contribution in [2.75, 3.05) is 0 Å². The van der Waals surface area contributed by atoms with Crippen molar-refractivity contribution < 1.29 is 0 Å². The first-order valence-corrected chi connectivity index (χ1v) is 6.25. The fourth-order valence-corrected chi connectivity index (χ4v) is 3.87. The SMILES string of the molecule is ClCc1sc(CCl)c(Br)c1Br. The lowest BCUT2D eigenvalue weighted by molar-refractivity contribution is 1.44. The van der Waals surface area contributed by atoms with Crippen molar-refractivity contribution >= 4 is 66.4 Å². The highest BCUT2D eigenvalue weighted by molar-refractivity contribution is 9.13. The smallest absolute Gasteiger partial charge is 0.0580 e. The molecule has 0 fully saturated rings. The largest absolute Gasteiger partial charge is 0.140 e. The third kappa shape index (κ3) is 2.13. The summed E-state index contributed by atoms with van der Waals surface area (Å²) in [6.45, 7) is 0. The van der Waals surface area contributed by atoms with Gasteiger partial charge in [0, 0.05) is 18.7 Å². The van der Waals surface area contributed by atoms with E-state index in [0.29, 0.717) is 11.8 Å². The third-order valence-corrected chi connectivity index (χ3v) is 6.02. The Kier molecular flexibility index (Phi) is 4.19. The Morgan fingerprint density at radius 3 is 1.55 bits per heavy atom. The summed E-state index contributed by atoms with van der Waals surface area (Å²) in [6.07, 6.45) is 0. The van der Waals surface area contributed by atoms with E-state index in [2.05, 4.69) is 31.9 Å². The molecule has 0 saturated heterocycles. The average molecular weight is 339 g/mol. The lowest BCUT2D eigenvalue weighted by Crippen LogP contribution is -1.68. The van der Waals surface area contributed by atoms with Gasteiger partial charge < -0.3 is 0 Å². The Hall–Kier alpha value is 1.24. The molecule has 0 spiro atoms. The van der Waals surface area contributed by atoms with Gasteiger partial charge in [-0.25, -0.2) is 0 Å². The lowest BCUT2D eigenvalue weighted by atomic mass is 10.4. The fraction of sp³-hybridized carbons (Fsp3) is 0.333. The normalized spacial score (nSPS) is 10.5. The van der Waals surface area contributed by atoms with Crippen LogP contribution >= 0.6 is 66.4 Å². The molecule has 1 aromatic heterocycles. The number of halogens is 4. The van der Waals surface area contributed by atoms with Gasteiger partial charge in [0.2, 0.25) is 0 Å². The highest BCUT2D eigenvalue weighted by Crippen LogP contribution is 2.38. The monoisotopic (exact) mass is 336 g/mol. The Morgan fingerprint density at radius 2 is 1.36 bits per heavy atom. The molecule has 0 saturated carbocycles. The molecule has 1 heterocycles. The van der Waals surface area contributed by atoms with E-state index in [9.17, 15) is 0 Å². The predicted octanol–water partition coefficient (Wildman–Crippen LogP) is 4.75. The highest BCUT2D eigenvalue weighted by Gasteiger charge is 2.11. The van der Waals surface area contributed by atoms with Crippen LogP contribution in [0.15, 0.2) is 8.95 Å². The zero-order valence-electron chi connectivity index (χ0n) is 5.33. The van der Waals surface area contributed by atoms with E-state index in [4.69, 9.17) is 23.2 Å². The van der Waals surface area contributed by atoms with Crippen LogP contribution in [0.25, 0.3) is 0 Å². The lowest BCUT2D eigenvalue weighted by Gasteiger charge is -1.88. The number of hydrogen-bond acceptors (Lipinski definition) is 1. The third-order valence-electron chi connectivity index (χ3n) is 1.17. The molecule has 0 N–H and O–H groups in total. The van der Waals surface area contributed by atoms with Crippen LogP contribution in [0, 0.1) is 0 Å². The first kappa shape index (κ1) is 10.3. The summed E-state index contributed by atoms with van der Waals surface area (Å²) >= 11 is 19.9. The second kappa shape index (κ2) is 4.47. The molecule has 62 valence electrons. The van der Waals surface area contributed by atoms with E-state index in [1.54, 1.807) is 11.3 Å². The first-order chi connectivity index (χ1) is 5.20. The fourth-order valence-electron chi connectivity index (χ4n) is 0.655. The zero-order valence-corrected chi connectivity index (χ0v) is 10.8. The van der Waals surface area contributed by atoms with Crippen LogP contribution in [0.2, 0.25) is 0 Å². The van der Waals surface area contributed by atoms with Gasteiger partial charge in [0.15, 0.2) is 0 Å². The van der Waals surface area contributed by atoms with Crippen molar-refractivity contribution in [3.63, 3.8) is 0 Å². The van der Waals surface area contributed by atoms with E-state index in [1.807, 2.05) is 0 Å². The molecule has 0 bridgehead atoms. The minimum absolute atomic E-state index is 0.529. The Morgan fingerprint density at radius 1 is 1.00 bits per heavy atom. The minimum atomic E-state index is 0.529. The van der Waals surface area contributed by atoms with E-state index >= 15 is 0 Å². The molecule has 0 nitrogen and oxygen atoms in total. The zero-order chi connectivity index (χ0) is 8.43. The van der Waals surface area contributed by atoms with Crippen LogP contribution in [0.4, 0.5) is 0 Å². The molecule has 11 heavy (non-hydrogen) atoms. The van der Waals surface area contributed by atoms with Gasteiger partial charge in [-0.1, -0.05) is 0 Å². The van der Waals surface area contributed by atoms with Crippen molar-refractivity contribution in [3.8, 4) is 0 Å². The maximum Gasteiger partial charge on any atom is 0.0580 e. The highest BCUT2D eigenvalue weighted by atomic mass is 79.9. The van der Waals surface area contributed by atoms with Crippen molar-refractivity contribution in [2.45, 2.75) is 11.8 Å². The molecular formula is C6H4Br2Cl2S. The van der Waals surface area contributed by atoms with Gasteiger partial charge in [0.05, 0.1) is 11.8 Å². The van der Waals surface area contributed by atoms with Crippen LogP contribution in [-0.4, -0.2) is 0 Å². The topological polar surface area (TPSA) is 0 Å². The molecule has 0 amide bonds. The molecule has 0 unspecified atom stereocenters. The van der Waals surface area contributed by atoms with Gasteiger partial charge in [-0.15, -0.1) is 34.5 Å². The molecule has 1 rings (SSSR count). The molecule has 0 radical (unpaired) electrons. The van der Waals surface area contributed by atoms with E-state index in [1.165, 1.54) is 0 Å². The maximum absolute atomic E-state index is 5.69. The van der Waals surface area contributed by atoms with Crippen LogP contribution in [0.1, 0.15) is 9.75 Å². The van der Waals surface area contributed by atoms with Gasteiger partial charge in [0.25, 0.3) is 0 Å². The van der Waals surface area contributed by atoms with Gasteiger partial charge in [-0.3, -0.25) is 0 Å². The van der Waals surface area contributed by atoms with Crippen molar-refractivity contribution in [2.24, 2.45) is 0 Å². The molecule has 0 aliphatic heterocycles. The molecule has 0 atom stereocenters. The van der Waals surface area contributed by atoms with E-state index in [-0.39, 0.29) is 0 Å². The standard InChI is InChI=1S/C6H4Br2Cl2S/c7-5-3(1-9)11-4(2-10)6(5)8/h1-2H2. The summed E-state index contributed by atoms with van der Waals surface area (Å²) in [7, 11) is 0. The van der Waals surface area contributed by atoms with E-state index < -0.39 is 0 Å². The Bertz CT molecular complexity index is 235. The van der Waals surface area contributed by atoms with Gasteiger partial charge in [0.1, 0.15) is 0 Å². The molecular weight excluding hydrogens is 335 g/mol. The maximum atomic E-state index is 5.69. The number of thiophene rings is 1. The van der Waals surface area contributed by atoms with Crippen LogP contribution in [0.5, 0.6) is 0 Å². The number of hydrogen-bond donors (Lipinski definition) is 0. The molecule has 0 aliphatic rings. The number of alkyl halides is 2. The molecule has 1 aromatic rings. The summed E-state index contributed by atoms with van der Waals surface area (Å²) in [5.74, 6) is 1.06. The van der Waals surface area contributed by atoms with Gasteiger partial charge in [-0.2, -0.15) is 0 Å². The summed E-state index contributed by atoms with van der Waals surface area (Å²) in [5.41, 5.74) is 0. The average Bonchev–Trinajstić information content (AvgIpc) is 2.30. The summed E-state index contributed by atoms with van der Waals surface area (Å²) in [4.78, 5) is 2.24. The first-order valence-electron chi connectivity index (χ1n) is 2.78. The Labute approximate surface area is 96.1 Å². The Balaban J connectivity index is 3.12. The molecule has 0 aliphatic carbocycles. The molecule has 5 heteroatoms. The second-order valence-corrected chi connectivity index (χ2v) is 5.15. The minimum Gasteiger partial charge on any atom is -0.140 e.